The van der Waals surface area contributed by atoms with E-state index in [1.165, 1.54) is 4.90 Å². The first-order chi connectivity index (χ1) is 9.28. The van der Waals surface area contributed by atoms with Gasteiger partial charge in [-0.1, -0.05) is 24.3 Å². The number of amides is 1. The summed E-state index contributed by atoms with van der Waals surface area (Å²) in [4.78, 5) is 13.7. The number of likely N-dealkylation sites (N-methyl/N-ethyl adjacent to an activating group) is 1. The molecule has 2 aromatic carbocycles. The summed E-state index contributed by atoms with van der Waals surface area (Å²) in [5, 5.41) is 21.6. The Hall–Kier alpha value is -2.07. The molecule has 4 heteroatoms. The van der Waals surface area contributed by atoms with Gasteiger partial charge in [0, 0.05) is 13.6 Å². The highest BCUT2D eigenvalue weighted by atomic mass is 16.3. The van der Waals surface area contributed by atoms with Crippen molar-refractivity contribution in [3.63, 3.8) is 0 Å². The van der Waals surface area contributed by atoms with E-state index in [1.54, 1.807) is 33.0 Å². The van der Waals surface area contributed by atoms with Crippen LogP contribution in [0, 0.1) is 0 Å². The molecule has 4 nitrogen and oxygen atoms in total. The molecule has 0 unspecified atom stereocenters. The summed E-state index contributed by atoms with van der Waals surface area (Å²) < 4.78 is 0. The zero-order chi connectivity index (χ0) is 14.9. The lowest BCUT2D eigenvalue weighted by atomic mass is 10.0. The first-order valence-electron chi connectivity index (χ1n) is 6.47. The Balaban J connectivity index is 2.37. The number of hydrogen-bond acceptors (Lipinski definition) is 3. The number of rotatable bonds is 3. The number of aliphatic hydroxyl groups is 1. The third-order valence-electron chi connectivity index (χ3n) is 3.07. The van der Waals surface area contributed by atoms with E-state index in [1.807, 2.05) is 24.3 Å². The molecule has 0 saturated carbocycles. The Labute approximate surface area is 118 Å². The topological polar surface area (TPSA) is 60.8 Å². The minimum Gasteiger partial charge on any atom is -0.507 e. The minimum atomic E-state index is -0.975. The number of carbonyl (C=O) groups excluding carboxylic acids is 1. The van der Waals surface area contributed by atoms with Gasteiger partial charge in [0.05, 0.1) is 11.2 Å². The molecule has 0 bridgehead atoms. The third kappa shape index (κ3) is 3.08. The molecule has 0 aliphatic heterocycles. The fraction of sp³-hybridized carbons (Fsp3) is 0.312. The molecule has 0 aromatic heterocycles. The lowest BCUT2D eigenvalue weighted by molar-refractivity contribution is 0.0366. The van der Waals surface area contributed by atoms with Crippen molar-refractivity contribution in [2.45, 2.75) is 19.4 Å². The van der Waals surface area contributed by atoms with E-state index >= 15 is 0 Å². The van der Waals surface area contributed by atoms with E-state index < -0.39 is 5.60 Å². The maximum absolute atomic E-state index is 12.3. The highest BCUT2D eigenvalue weighted by Crippen LogP contribution is 2.26. The van der Waals surface area contributed by atoms with Crippen molar-refractivity contribution >= 4 is 16.7 Å². The van der Waals surface area contributed by atoms with E-state index in [2.05, 4.69) is 0 Å². The number of fused-ring (bicyclic) bond motifs is 1. The molecule has 0 fully saturated rings. The maximum atomic E-state index is 12.3. The highest BCUT2D eigenvalue weighted by molar-refractivity contribution is 6.01. The normalized spacial score (nSPS) is 11.6. The van der Waals surface area contributed by atoms with Crippen LogP contribution in [0.25, 0.3) is 10.8 Å². The predicted octanol–water partition coefficient (Wildman–Crippen LogP) is 2.39. The molecule has 0 atom stereocenters. The van der Waals surface area contributed by atoms with Gasteiger partial charge in [-0.15, -0.1) is 0 Å². The average Bonchev–Trinajstić information content (AvgIpc) is 2.35. The van der Waals surface area contributed by atoms with Crippen molar-refractivity contribution in [1.29, 1.82) is 0 Å². The Bertz CT molecular complexity index is 644. The summed E-state index contributed by atoms with van der Waals surface area (Å²) in [5.74, 6) is -0.355. The van der Waals surface area contributed by atoms with Gasteiger partial charge in [-0.25, -0.2) is 0 Å². The van der Waals surface area contributed by atoms with Crippen LogP contribution < -0.4 is 0 Å². The van der Waals surface area contributed by atoms with E-state index in [9.17, 15) is 15.0 Å². The molecule has 2 rings (SSSR count). The molecule has 0 saturated heterocycles. The molecule has 2 N–H and O–H groups in total. The van der Waals surface area contributed by atoms with Gasteiger partial charge in [-0.05, 0) is 36.8 Å². The maximum Gasteiger partial charge on any atom is 0.257 e. The fourth-order valence-electron chi connectivity index (χ4n) is 2.26. The van der Waals surface area contributed by atoms with Gasteiger partial charge in [-0.2, -0.15) is 0 Å². The number of aromatic hydroxyl groups is 1. The second kappa shape index (κ2) is 5.13. The Morgan fingerprint density at radius 3 is 2.30 bits per heavy atom. The smallest absolute Gasteiger partial charge is 0.257 e. The van der Waals surface area contributed by atoms with Gasteiger partial charge >= 0.3 is 0 Å². The molecule has 0 aliphatic rings. The quantitative estimate of drug-likeness (QED) is 0.902. The molecule has 106 valence electrons. The van der Waals surface area contributed by atoms with Crippen LogP contribution in [0.5, 0.6) is 5.75 Å². The highest BCUT2D eigenvalue weighted by Gasteiger charge is 2.22. The van der Waals surface area contributed by atoms with Crippen molar-refractivity contribution in [1.82, 2.24) is 4.90 Å². The number of benzene rings is 2. The van der Waals surface area contributed by atoms with Crippen molar-refractivity contribution in [3.05, 3.63) is 42.0 Å². The van der Waals surface area contributed by atoms with E-state index in [0.717, 1.165) is 10.8 Å². The molecular weight excluding hydrogens is 254 g/mol. The standard InChI is InChI=1S/C16H19NO3/c1-16(2,20)10-17(3)15(19)13-8-11-6-4-5-7-12(11)9-14(13)18/h4-9,18,20H,10H2,1-3H3. The number of nitrogens with zero attached hydrogens (tertiary/aromatic N) is 1. The van der Waals surface area contributed by atoms with Crippen molar-refractivity contribution in [2.24, 2.45) is 0 Å². The monoisotopic (exact) mass is 273 g/mol. The molecule has 1 amide bonds. The van der Waals surface area contributed by atoms with Crippen molar-refractivity contribution in [3.8, 4) is 5.75 Å². The van der Waals surface area contributed by atoms with Crippen molar-refractivity contribution < 1.29 is 15.0 Å². The first kappa shape index (κ1) is 14.3. The fourth-order valence-corrected chi connectivity index (χ4v) is 2.26. The molecule has 0 radical (unpaired) electrons. The van der Waals surface area contributed by atoms with Gasteiger partial charge in [0.1, 0.15) is 5.75 Å². The molecule has 0 aliphatic carbocycles. The second-order valence-electron chi connectivity index (χ2n) is 5.69. The number of phenolic OH excluding ortho intramolecular Hbond substituents is 1. The van der Waals surface area contributed by atoms with E-state index in [4.69, 9.17) is 0 Å². The van der Waals surface area contributed by atoms with E-state index in [0.29, 0.717) is 0 Å². The summed E-state index contributed by atoms with van der Waals surface area (Å²) in [6.45, 7) is 3.46. The van der Waals surface area contributed by atoms with Crippen LogP contribution >= 0.6 is 0 Å². The van der Waals surface area contributed by atoms with Gasteiger partial charge in [0.25, 0.3) is 5.91 Å². The lowest BCUT2D eigenvalue weighted by Gasteiger charge is -2.26. The average molecular weight is 273 g/mol. The first-order valence-corrected chi connectivity index (χ1v) is 6.47. The van der Waals surface area contributed by atoms with Gasteiger partial charge < -0.3 is 15.1 Å². The summed E-state index contributed by atoms with van der Waals surface area (Å²) in [6, 6.07) is 10.8. The lowest BCUT2D eigenvalue weighted by Crippen LogP contribution is -2.39. The SMILES string of the molecule is CN(CC(C)(C)O)C(=O)c1cc2ccccc2cc1O. The van der Waals surface area contributed by atoms with Crippen LogP contribution in [-0.4, -0.2) is 40.2 Å². The molecule has 0 spiro atoms. The van der Waals surface area contributed by atoms with Crippen LogP contribution in [0.1, 0.15) is 24.2 Å². The zero-order valence-corrected chi connectivity index (χ0v) is 11.9. The zero-order valence-electron chi connectivity index (χ0n) is 11.9. The van der Waals surface area contributed by atoms with Crippen LogP contribution in [0.4, 0.5) is 0 Å². The second-order valence-corrected chi connectivity index (χ2v) is 5.69. The Kier molecular flexibility index (Phi) is 3.68. The number of hydrogen-bond donors (Lipinski definition) is 2. The molecule has 2 aromatic rings. The number of carbonyl (C=O) groups is 1. The van der Waals surface area contributed by atoms with E-state index in [-0.39, 0.29) is 23.8 Å². The number of phenols is 1. The summed E-state index contributed by atoms with van der Waals surface area (Å²) in [6.07, 6.45) is 0. The Morgan fingerprint density at radius 2 is 1.75 bits per heavy atom. The van der Waals surface area contributed by atoms with Crippen molar-refractivity contribution in [2.75, 3.05) is 13.6 Å². The largest absolute Gasteiger partial charge is 0.507 e. The summed E-state index contributed by atoms with van der Waals surface area (Å²) in [5.41, 5.74) is -0.730. The summed E-state index contributed by atoms with van der Waals surface area (Å²) in [7, 11) is 1.61. The van der Waals surface area contributed by atoms with Gasteiger partial charge in [0.2, 0.25) is 0 Å². The minimum absolute atomic E-state index is 0.0451. The van der Waals surface area contributed by atoms with Crippen LogP contribution in [0.2, 0.25) is 0 Å². The van der Waals surface area contributed by atoms with Gasteiger partial charge in [-0.3, -0.25) is 4.79 Å². The van der Waals surface area contributed by atoms with Crippen LogP contribution in [-0.2, 0) is 0 Å². The molecule has 20 heavy (non-hydrogen) atoms. The molecular formula is C16H19NO3. The Morgan fingerprint density at radius 1 is 1.20 bits per heavy atom. The predicted molar refractivity (Wildman–Crippen MR) is 78.9 cm³/mol. The third-order valence-corrected chi connectivity index (χ3v) is 3.07. The summed E-state index contributed by atoms with van der Waals surface area (Å²) >= 11 is 0. The van der Waals surface area contributed by atoms with Crippen LogP contribution in [0.3, 0.4) is 0 Å². The van der Waals surface area contributed by atoms with Crippen LogP contribution in [0.15, 0.2) is 36.4 Å². The molecule has 0 heterocycles. The van der Waals surface area contributed by atoms with Gasteiger partial charge in [0.15, 0.2) is 0 Å².